The molecule has 2 rings (SSSR count). The number of hydrogen-bond donors (Lipinski definition) is 1. The Labute approximate surface area is 134 Å². The van der Waals surface area contributed by atoms with Crippen LogP contribution in [0.5, 0.6) is 0 Å². The summed E-state index contributed by atoms with van der Waals surface area (Å²) in [6.07, 6.45) is -4.27. The third kappa shape index (κ3) is 3.98. The van der Waals surface area contributed by atoms with E-state index < -0.39 is 35.2 Å². The molecule has 0 saturated heterocycles. The summed E-state index contributed by atoms with van der Waals surface area (Å²) in [5.41, 5.74) is -0.953. The molecule has 9 heteroatoms. The van der Waals surface area contributed by atoms with Gasteiger partial charge in [-0.1, -0.05) is 0 Å². The zero-order chi connectivity index (χ0) is 17.9. The Kier molecular flexibility index (Phi) is 5.01. The van der Waals surface area contributed by atoms with Gasteiger partial charge in [-0.05, 0) is 37.6 Å². The number of ether oxygens (including phenoxy) is 1. The van der Waals surface area contributed by atoms with Crippen molar-refractivity contribution < 1.29 is 27.1 Å². The molecule has 1 aromatic heterocycles. The van der Waals surface area contributed by atoms with E-state index in [0.29, 0.717) is 11.8 Å². The molecule has 128 valence electrons. The Morgan fingerprint density at radius 1 is 1.33 bits per heavy atom. The van der Waals surface area contributed by atoms with Gasteiger partial charge in [0.1, 0.15) is 5.82 Å². The molecule has 0 fully saturated rings. The lowest BCUT2D eigenvalue weighted by atomic mass is 10.2. The number of carbonyl (C=O) groups is 1. The van der Waals surface area contributed by atoms with Crippen LogP contribution in [0.25, 0.3) is 0 Å². The van der Waals surface area contributed by atoms with E-state index in [1.165, 1.54) is 12.1 Å². The quantitative estimate of drug-likeness (QED) is 0.674. The van der Waals surface area contributed by atoms with E-state index in [-0.39, 0.29) is 12.3 Å². The monoisotopic (exact) mass is 343 g/mol. The van der Waals surface area contributed by atoms with Gasteiger partial charge in [-0.3, -0.25) is 0 Å². The van der Waals surface area contributed by atoms with Crippen molar-refractivity contribution in [3.05, 3.63) is 47.2 Å². The van der Waals surface area contributed by atoms with E-state index in [4.69, 9.17) is 4.74 Å². The summed E-state index contributed by atoms with van der Waals surface area (Å²) in [5, 5.41) is 2.58. The van der Waals surface area contributed by atoms with Gasteiger partial charge in [0, 0.05) is 5.69 Å². The van der Waals surface area contributed by atoms with Crippen molar-refractivity contribution >= 4 is 17.5 Å². The zero-order valence-corrected chi connectivity index (χ0v) is 12.7. The lowest BCUT2D eigenvalue weighted by Crippen LogP contribution is -2.16. The maximum atomic E-state index is 13.1. The third-order valence-corrected chi connectivity index (χ3v) is 2.97. The van der Waals surface area contributed by atoms with E-state index in [2.05, 4.69) is 15.3 Å². The van der Waals surface area contributed by atoms with E-state index in [0.717, 1.165) is 6.07 Å². The normalized spacial score (nSPS) is 11.2. The van der Waals surface area contributed by atoms with Gasteiger partial charge in [0.15, 0.2) is 17.2 Å². The number of benzene rings is 1. The second-order valence-electron chi connectivity index (χ2n) is 4.75. The average molecular weight is 343 g/mol. The predicted molar refractivity (Wildman–Crippen MR) is 77.4 cm³/mol. The number of anilines is 2. The maximum Gasteiger partial charge on any atom is 0.434 e. The van der Waals surface area contributed by atoms with Crippen molar-refractivity contribution in [1.29, 1.82) is 0 Å². The number of nitrogens with one attached hydrogen (secondary N) is 1. The minimum absolute atomic E-state index is 0.0244. The first kappa shape index (κ1) is 17.6. The lowest BCUT2D eigenvalue weighted by Gasteiger charge is -2.14. The molecule has 24 heavy (non-hydrogen) atoms. The Hall–Kier alpha value is -2.71. The van der Waals surface area contributed by atoms with Crippen molar-refractivity contribution in [3.8, 4) is 0 Å². The number of carbonyl (C=O) groups excluding carboxylic acids is 1. The number of aryl methyl sites for hydroxylation is 1. The highest BCUT2D eigenvalue weighted by Crippen LogP contribution is 2.30. The molecule has 0 amide bonds. The van der Waals surface area contributed by atoms with Gasteiger partial charge in [0.25, 0.3) is 0 Å². The van der Waals surface area contributed by atoms with Crippen LogP contribution in [0.4, 0.5) is 29.1 Å². The van der Waals surface area contributed by atoms with Crippen LogP contribution in [0, 0.1) is 12.7 Å². The molecule has 0 saturated carbocycles. The fourth-order valence-electron chi connectivity index (χ4n) is 1.86. The van der Waals surface area contributed by atoms with E-state index in [1.807, 2.05) is 0 Å². The molecule has 0 spiro atoms. The molecule has 0 atom stereocenters. The predicted octanol–water partition coefficient (Wildman–Crippen LogP) is 3.86. The summed E-state index contributed by atoms with van der Waals surface area (Å²) in [6, 6.07) is 3.63. The maximum absolute atomic E-state index is 13.1. The minimum atomic E-state index is -4.73. The van der Waals surface area contributed by atoms with Crippen LogP contribution >= 0.6 is 0 Å². The molecule has 2 aromatic rings. The number of esters is 1. The summed E-state index contributed by atoms with van der Waals surface area (Å²) >= 11 is 0. The van der Waals surface area contributed by atoms with E-state index in [1.54, 1.807) is 13.8 Å². The van der Waals surface area contributed by atoms with Crippen LogP contribution < -0.4 is 5.32 Å². The van der Waals surface area contributed by atoms with Gasteiger partial charge in [-0.25, -0.2) is 19.2 Å². The number of rotatable bonds is 4. The second-order valence-corrected chi connectivity index (χ2v) is 4.75. The summed E-state index contributed by atoms with van der Waals surface area (Å²) in [6.45, 7) is 3.12. The van der Waals surface area contributed by atoms with Crippen LogP contribution in [-0.4, -0.2) is 22.5 Å². The number of hydrogen-bond acceptors (Lipinski definition) is 5. The molecule has 0 aliphatic carbocycles. The largest absolute Gasteiger partial charge is 0.461 e. The number of alkyl halides is 3. The minimum Gasteiger partial charge on any atom is -0.461 e. The van der Waals surface area contributed by atoms with Crippen LogP contribution in [0.15, 0.2) is 24.4 Å². The topological polar surface area (TPSA) is 64.1 Å². The Bertz CT molecular complexity index is 763. The van der Waals surface area contributed by atoms with Crippen molar-refractivity contribution in [1.82, 2.24) is 9.97 Å². The molecule has 0 radical (unpaired) electrons. The summed E-state index contributed by atoms with van der Waals surface area (Å²) in [4.78, 5) is 18.8. The lowest BCUT2D eigenvalue weighted by molar-refractivity contribution is -0.141. The van der Waals surface area contributed by atoms with Crippen LogP contribution in [-0.2, 0) is 10.9 Å². The fourth-order valence-corrected chi connectivity index (χ4v) is 1.86. The molecule has 0 bridgehead atoms. The van der Waals surface area contributed by atoms with Crippen LogP contribution in [0.3, 0.4) is 0 Å². The van der Waals surface area contributed by atoms with Crippen molar-refractivity contribution in [3.63, 3.8) is 0 Å². The molecular formula is C15H13F4N3O2. The Morgan fingerprint density at radius 3 is 2.62 bits per heavy atom. The number of aromatic nitrogens is 2. The van der Waals surface area contributed by atoms with Gasteiger partial charge in [-0.2, -0.15) is 13.2 Å². The highest BCUT2D eigenvalue weighted by Gasteiger charge is 2.34. The zero-order valence-electron chi connectivity index (χ0n) is 12.7. The van der Waals surface area contributed by atoms with Crippen molar-refractivity contribution in [2.75, 3.05) is 11.9 Å². The molecule has 1 N–H and O–H groups in total. The molecule has 1 aromatic carbocycles. The van der Waals surface area contributed by atoms with Crippen LogP contribution in [0.1, 0.15) is 28.7 Å². The molecule has 1 heterocycles. The number of halogens is 4. The second kappa shape index (κ2) is 6.81. The van der Waals surface area contributed by atoms with Gasteiger partial charge in [0.2, 0.25) is 0 Å². The standard InChI is InChI=1S/C15H13F4N3O2/c1-3-24-14(23)12-13(22-11(7-20-12)15(17,18)19)21-10-5-4-9(16)6-8(10)2/h4-7H,3H2,1-2H3,(H,21,22). The molecule has 0 aliphatic heterocycles. The summed E-state index contributed by atoms with van der Waals surface area (Å²) in [5.74, 6) is -1.84. The average Bonchev–Trinajstić information content (AvgIpc) is 2.49. The highest BCUT2D eigenvalue weighted by atomic mass is 19.4. The molecule has 0 unspecified atom stereocenters. The first-order valence-corrected chi connectivity index (χ1v) is 6.87. The third-order valence-electron chi connectivity index (χ3n) is 2.97. The van der Waals surface area contributed by atoms with Gasteiger partial charge < -0.3 is 10.1 Å². The van der Waals surface area contributed by atoms with Gasteiger partial charge in [-0.15, -0.1) is 0 Å². The molecule has 0 aliphatic rings. The molecular weight excluding hydrogens is 330 g/mol. The SMILES string of the molecule is CCOC(=O)c1ncc(C(F)(F)F)nc1Nc1ccc(F)cc1C. The Morgan fingerprint density at radius 2 is 2.04 bits per heavy atom. The van der Waals surface area contributed by atoms with E-state index >= 15 is 0 Å². The Balaban J connectivity index is 2.48. The first-order chi connectivity index (χ1) is 11.2. The summed E-state index contributed by atoms with van der Waals surface area (Å²) in [7, 11) is 0. The fraction of sp³-hybridized carbons (Fsp3) is 0.267. The first-order valence-electron chi connectivity index (χ1n) is 6.87. The van der Waals surface area contributed by atoms with Crippen molar-refractivity contribution in [2.45, 2.75) is 20.0 Å². The van der Waals surface area contributed by atoms with Crippen molar-refractivity contribution in [2.24, 2.45) is 0 Å². The highest BCUT2D eigenvalue weighted by molar-refractivity contribution is 5.93. The van der Waals surface area contributed by atoms with Gasteiger partial charge >= 0.3 is 12.1 Å². The summed E-state index contributed by atoms with van der Waals surface area (Å²) < 4.78 is 56.4. The smallest absolute Gasteiger partial charge is 0.434 e. The molecule has 5 nitrogen and oxygen atoms in total. The van der Waals surface area contributed by atoms with Gasteiger partial charge in [0.05, 0.1) is 12.8 Å². The number of nitrogens with zero attached hydrogens (tertiary/aromatic N) is 2. The van der Waals surface area contributed by atoms with E-state index in [9.17, 15) is 22.4 Å². The van der Waals surface area contributed by atoms with Crippen LogP contribution in [0.2, 0.25) is 0 Å².